The number of ketones is 1. The summed E-state index contributed by atoms with van der Waals surface area (Å²) in [6.07, 6.45) is 4.73. The monoisotopic (exact) mass is 506 g/mol. The number of carbonyl (C=O) groups is 2. The number of aliphatic carboxylic acids is 1. The van der Waals surface area contributed by atoms with E-state index in [1.807, 2.05) is 0 Å². The van der Waals surface area contributed by atoms with E-state index in [9.17, 15) is 14.7 Å². The van der Waals surface area contributed by atoms with Crippen molar-refractivity contribution in [3.05, 3.63) is 76.8 Å². The highest BCUT2D eigenvalue weighted by atomic mass is 16.5. The zero-order valence-corrected chi connectivity index (χ0v) is 20.8. The van der Waals surface area contributed by atoms with E-state index in [-0.39, 0.29) is 28.9 Å². The van der Waals surface area contributed by atoms with Gasteiger partial charge in [0.25, 0.3) is 0 Å². The third-order valence-corrected chi connectivity index (χ3v) is 5.89. The molecule has 0 amide bonds. The van der Waals surface area contributed by atoms with Crippen LogP contribution < -0.4 is 23.7 Å². The number of rotatable bonds is 10. The summed E-state index contributed by atoms with van der Waals surface area (Å²) in [6, 6.07) is 9.77. The summed E-state index contributed by atoms with van der Waals surface area (Å²) >= 11 is 0. The Morgan fingerprint density at radius 1 is 0.946 bits per heavy atom. The van der Waals surface area contributed by atoms with E-state index in [0.29, 0.717) is 46.5 Å². The van der Waals surface area contributed by atoms with E-state index in [1.54, 1.807) is 48.6 Å². The lowest BCUT2D eigenvalue weighted by Crippen LogP contribution is -2.15. The predicted octanol–water partition coefficient (Wildman–Crippen LogP) is 4.68. The highest BCUT2D eigenvalue weighted by molar-refractivity contribution is 6.26. The molecule has 2 aromatic carbocycles. The number of allylic oxidation sites excluding steroid dienone is 1. The molecule has 0 fully saturated rings. The van der Waals surface area contributed by atoms with Gasteiger partial charge in [0.05, 0.1) is 34.0 Å². The molecule has 0 bridgehead atoms. The number of ether oxygens (including phenoxy) is 5. The van der Waals surface area contributed by atoms with Crippen molar-refractivity contribution >= 4 is 23.4 Å². The normalized spacial score (nSPS) is 12.6. The largest absolute Gasteiger partial charge is 0.497 e. The Morgan fingerprint density at radius 3 is 2.19 bits per heavy atom. The molecule has 1 N–H and O–H groups in total. The maximum absolute atomic E-state index is 13.8. The van der Waals surface area contributed by atoms with Crippen LogP contribution in [0.5, 0.6) is 28.7 Å². The average Bonchev–Trinajstić information content (AvgIpc) is 3.35. The highest BCUT2D eigenvalue weighted by Gasteiger charge is 2.30. The van der Waals surface area contributed by atoms with Crippen LogP contribution in [0.3, 0.4) is 0 Å². The summed E-state index contributed by atoms with van der Waals surface area (Å²) in [5.41, 5.74) is 1.04. The van der Waals surface area contributed by atoms with Gasteiger partial charge >= 0.3 is 5.97 Å². The maximum atomic E-state index is 13.8. The molecule has 0 aliphatic carbocycles. The summed E-state index contributed by atoms with van der Waals surface area (Å²) in [5.74, 6) is 0.311. The molecule has 2 heterocycles. The number of hydrogen-bond donors (Lipinski definition) is 1. The Bertz CT molecular complexity index is 1350. The Hall–Kier alpha value is -4.66. The fourth-order valence-electron chi connectivity index (χ4n) is 4.12. The first kappa shape index (κ1) is 25.4. The fraction of sp³-hybridized carbons (Fsp3) is 0.214. The lowest BCUT2D eigenvalue weighted by molar-refractivity contribution is -0.130. The van der Waals surface area contributed by atoms with E-state index in [2.05, 4.69) is 0 Å². The van der Waals surface area contributed by atoms with E-state index in [4.69, 9.17) is 28.1 Å². The molecule has 9 heteroatoms. The molecule has 9 nitrogen and oxygen atoms in total. The van der Waals surface area contributed by atoms with Gasteiger partial charge in [-0.2, -0.15) is 0 Å². The number of hydrogen-bond acceptors (Lipinski definition) is 8. The van der Waals surface area contributed by atoms with E-state index < -0.39 is 11.8 Å². The molecule has 0 radical (unpaired) electrons. The summed E-state index contributed by atoms with van der Waals surface area (Å²) in [6.45, 7) is 0.334. The Balaban J connectivity index is 1.93. The molecule has 1 aromatic heterocycles. The first-order chi connectivity index (χ1) is 17.9. The average molecular weight is 507 g/mol. The summed E-state index contributed by atoms with van der Waals surface area (Å²) in [5, 5.41) is 10.3. The second kappa shape index (κ2) is 10.9. The van der Waals surface area contributed by atoms with Crippen LogP contribution in [0.25, 0.3) is 11.6 Å². The molecular weight excluding hydrogens is 480 g/mol. The Kier molecular flexibility index (Phi) is 7.52. The van der Waals surface area contributed by atoms with Crippen molar-refractivity contribution in [3.8, 4) is 28.7 Å². The molecule has 0 saturated carbocycles. The zero-order valence-electron chi connectivity index (χ0n) is 20.8. The summed E-state index contributed by atoms with van der Waals surface area (Å²) < 4.78 is 32.7. The first-order valence-corrected chi connectivity index (χ1v) is 11.3. The van der Waals surface area contributed by atoms with E-state index >= 15 is 0 Å². The molecule has 192 valence electrons. The van der Waals surface area contributed by atoms with Gasteiger partial charge in [-0.1, -0.05) is 0 Å². The molecule has 4 rings (SSSR count). The maximum Gasteiger partial charge on any atom is 0.339 e. The van der Waals surface area contributed by atoms with Crippen molar-refractivity contribution in [3.63, 3.8) is 0 Å². The smallest absolute Gasteiger partial charge is 0.339 e. The molecule has 1 aliphatic rings. The second-order valence-electron chi connectivity index (χ2n) is 7.98. The van der Waals surface area contributed by atoms with Crippen LogP contribution in [0.1, 0.15) is 27.2 Å². The van der Waals surface area contributed by atoms with E-state index in [0.717, 1.165) is 0 Å². The van der Waals surface area contributed by atoms with Crippen LogP contribution >= 0.6 is 0 Å². The second-order valence-corrected chi connectivity index (χ2v) is 7.98. The number of carboxylic acid groups (broad SMARTS) is 1. The lowest BCUT2D eigenvalue weighted by Gasteiger charge is -2.16. The van der Waals surface area contributed by atoms with Gasteiger partial charge in [0.2, 0.25) is 5.75 Å². The van der Waals surface area contributed by atoms with Crippen LogP contribution in [-0.4, -0.2) is 51.9 Å². The van der Waals surface area contributed by atoms with Crippen LogP contribution in [0.4, 0.5) is 0 Å². The number of carboxylic acids is 1. The van der Waals surface area contributed by atoms with Gasteiger partial charge in [0.1, 0.15) is 24.2 Å². The third-order valence-electron chi connectivity index (χ3n) is 5.89. The van der Waals surface area contributed by atoms with Crippen molar-refractivity contribution in [1.82, 2.24) is 0 Å². The minimum atomic E-state index is -1.32. The van der Waals surface area contributed by atoms with Crippen molar-refractivity contribution in [2.45, 2.75) is 6.42 Å². The van der Waals surface area contributed by atoms with Crippen LogP contribution in [0.2, 0.25) is 0 Å². The van der Waals surface area contributed by atoms with Gasteiger partial charge in [-0.15, -0.1) is 0 Å². The zero-order chi connectivity index (χ0) is 26.5. The number of fused-ring (bicyclic) bond motifs is 1. The van der Waals surface area contributed by atoms with Gasteiger partial charge < -0.3 is 33.2 Å². The lowest BCUT2D eigenvalue weighted by atomic mass is 9.90. The van der Waals surface area contributed by atoms with Crippen molar-refractivity contribution in [2.24, 2.45) is 0 Å². The highest BCUT2D eigenvalue weighted by Crippen LogP contribution is 2.40. The number of Topliss-reactive ketones (excluding diaryl/α,β-unsaturated/α-hetero) is 1. The Labute approximate surface area is 213 Å². The van der Waals surface area contributed by atoms with Crippen LogP contribution in [0.15, 0.2) is 58.7 Å². The minimum Gasteiger partial charge on any atom is -0.497 e. The van der Waals surface area contributed by atoms with E-state index in [1.165, 1.54) is 34.7 Å². The SMILES string of the molecule is COc1ccc(C(=O)C(Cc2cc(OC)c(OC)c(OC)c2)=C(C(=O)O)c2occ3c2C=CCO3)cc1. The van der Waals surface area contributed by atoms with Crippen LogP contribution in [-0.2, 0) is 11.2 Å². The number of furan rings is 1. The van der Waals surface area contributed by atoms with Gasteiger partial charge in [-0.3, -0.25) is 4.79 Å². The quantitative estimate of drug-likeness (QED) is 0.309. The first-order valence-electron chi connectivity index (χ1n) is 11.3. The molecule has 3 aromatic rings. The van der Waals surface area contributed by atoms with Gasteiger partial charge in [0, 0.05) is 17.6 Å². The van der Waals surface area contributed by atoms with Gasteiger partial charge in [-0.25, -0.2) is 4.79 Å². The van der Waals surface area contributed by atoms with Crippen LogP contribution in [0, 0.1) is 0 Å². The minimum absolute atomic E-state index is 0.00284. The number of carbonyl (C=O) groups excluding carboxylic acids is 1. The van der Waals surface area contributed by atoms with Crippen molar-refractivity contribution in [1.29, 1.82) is 0 Å². The number of benzene rings is 2. The van der Waals surface area contributed by atoms with Crippen molar-refractivity contribution in [2.75, 3.05) is 35.0 Å². The predicted molar refractivity (Wildman–Crippen MR) is 135 cm³/mol. The summed E-state index contributed by atoms with van der Waals surface area (Å²) in [4.78, 5) is 26.5. The molecule has 0 saturated heterocycles. The Morgan fingerprint density at radius 2 is 1.62 bits per heavy atom. The third kappa shape index (κ3) is 5.02. The fourth-order valence-corrected chi connectivity index (χ4v) is 4.12. The molecule has 37 heavy (non-hydrogen) atoms. The van der Waals surface area contributed by atoms with Gasteiger partial charge in [-0.05, 0) is 54.1 Å². The number of methoxy groups -OCH3 is 4. The molecule has 1 aliphatic heterocycles. The summed E-state index contributed by atoms with van der Waals surface area (Å²) in [7, 11) is 5.95. The van der Waals surface area contributed by atoms with Gasteiger partial charge in [0.15, 0.2) is 28.8 Å². The standard InChI is InChI=1S/C28H26O9/c1-32-18-9-7-17(8-10-18)25(29)20(12-16-13-21(33-2)27(35-4)22(14-16)34-3)24(28(30)31)26-19-6-5-11-36-23(19)15-37-26/h5-10,13-15H,11-12H2,1-4H3,(H,30,31). The molecule has 0 spiro atoms. The molecule has 0 atom stereocenters. The van der Waals surface area contributed by atoms with Crippen molar-refractivity contribution < 1.29 is 42.8 Å². The molecule has 0 unspecified atom stereocenters. The topological polar surface area (TPSA) is 114 Å². The molecular formula is C28H26O9.